The average molecular weight is 269 g/mol. The summed E-state index contributed by atoms with van der Waals surface area (Å²) in [6.45, 7) is 7.63. The topological polar surface area (TPSA) is 15.3 Å². The Bertz CT molecular complexity index is 322. The molecule has 0 aliphatic heterocycles. The fraction of sp³-hybridized carbons (Fsp3) is 0.600. The normalized spacial score (nSPS) is 11.4. The molecule has 0 unspecified atom stereocenters. The highest BCUT2D eigenvalue weighted by atomic mass is 35.5. The van der Waals surface area contributed by atoms with Gasteiger partial charge in [-0.3, -0.25) is 0 Å². The van der Waals surface area contributed by atoms with E-state index in [0.29, 0.717) is 6.04 Å². The molecule has 0 fully saturated rings. The van der Waals surface area contributed by atoms with E-state index in [1.54, 1.807) is 0 Å². The van der Waals surface area contributed by atoms with Crippen molar-refractivity contribution in [3.8, 4) is 0 Å². The Morgan fingerprint density at radius 3 is 2.44 bits per heavy atom. The van der Waals surface area contributed by atoms with E-state index in [9.17, 15) is 0 Å². The Hall–Kier alpha value is -0.570. The van der Waals surface area contributed by atoms with Crippen LogP contribution in [0.5, 0.6) is 0 Å². The third-order valence-corrected chi connectivity index (χ3v) is 3.14. The summed E-state index contributed by atoms with van der Waals surface area (Å²) in [5.41, 5.74) is 1.32. The van der Waals surface area contributed by atoms with Crippen LogP contribution in [0.25, 0.3) is 0 Å². The summed E-state index contributed by atoms with van der Waals surface area (Å²) in [6, 6.07) is 8.70. The van der Waals surface area contributed by atoms with Crippen molar-refractivity contribution in [2.75, 3.05) is 20.1 Å². The molecule has 0 radical (unpaired) electrons. The standard InChI is InChI=1S/C15H25ClN2/c1-13(2)17-10-4-5-11-18(3)12-14-6-8-15(16)9-7-14/h6-9,13,17H,4-5,10-12H2,1-3H3. The maximum atomic E-state index is 5.87. The average Bonchev–Trinajstić information content (AvgIpc) is 2.31. The molecule has 1 N–H and O–H groups in total. The molecule has 0 heterocycles. The van der Waals surface area contributed by atoms with Crippen LogP contribution in [0.1, 0.15) is 32.3 Å². The minimum Gasteiger partial charge on any atom is -0.315 e. The molecule has 1 aromatic rings. The zero-order valence-electron chi connectivity index (χ0n) is 11.7. The van der Waals surface area contributed by atoms with E-state index in [0.717, 1.165) is 24.7 Å². The van der Waals surface area contributed by atoms with Crippen molar-refractivity contribution in [2.45, 2.75) is 39.3 Å². The molecule has 0 spiro atoms. The summed E-state index contributed by atoms with van der Waals surface area (Å²) in [5, 5.41) is 4.25. The number of unbranched alkanes of at least 4 members (excludes halogenated alkanes) is 1. The molecule has 0 atom stereocenters. The summed E-state index contributed by atoms with van der Waals surface area (Å²) >= 11 is 5.87. The van der Waals surface area contributed by atoms with Gasteiger partial charge >= 0.3 is 0 Å². The van der Waals surface area contributed by atoms with Gasteiger partial charge < -0.3 is 10.2 Å². The van der Waals surface area contributed by atoms with Crippen molar-refractivity contribution in [1.29, 1.82) is 0 Å². The maximum Gasteiger partial charge on any atom is 0.0406 e. The van der Waals surface area contributed by atoms with Gasteiger partial charge in [-0.2, -0.15) is 0 Å². The molecule has 3 heteroatoms. The van der Waals surface area contributed by atoms with E-state index in [4.69, 9.17) is 11.6 Å². The van der Waals surface area contributed by atoms with Crippen LogP contribution < -0.4 is 5.32 Å². The molecule has 1 aromatic carbocycles. The Morgan fingerprint density at radius 1 is 1.17 bits per heavy atom. The van der Waals surface area contributed by atoms with Gasteiger partial charge in [0.05, 0.1) is 0 Å². The third kappa shape index (κ3) is 7.00. The summed E-state index contributed by atoms with van der Waals surface area (Å²) in [7, 11) is 2.17. The van der Waals surface area contributed by atoms with E-state index >= 15 is 0 Å². The number of halogens is 1. The van der Waals surface area contributed by atoms with Gasteiger partial charge in [0.15, 0.2) is 0 Å². The summed E-state index contributed by atoms with van der Waals surface area (Å²) in [5.74, 6) is 0. The lowest BCUT2D eigenvalue weighted by molar-refractivity contribution is 0.317. The van der Waals surface area contributed by atoms with E-state index in [1.807, 2.05) is 12.1 Å². The van der Waals surface area contributed by atoms with Crippen LogP contribution in [-0.2, 0) is 6.54 Å². The van der Waals surface area contributed by atoms with E-state index < -0.39 is 0 Å². The van der Waals surface area contributed by atoms with Gasteiger partial charge in [0.1, 0.15) is 0 Å². The SMILES string of the molecule is CC(C)NCCCCN(C)Cc1ccc(Cl)cc1. The van der Waals surface area contributed by atoms with Crippen molar-refractivity contribution < 1.29 is 0 Å². The first-order valence-electron chi connectivity index (χ1n) is 6.74. The van der Waals surface area contributed by atoms with Crippen molar-refractivity contribution in [1.82, 2.24) is 10.2 Å². The van der Waals surface area contributed by atoms with Crippen LogP contribution in [0.4, 0.5) is 0 Å². The second kappa shape index (κ2) is 8.52. The minimum absolute atomic E-state index is 0.594. The molecular formula is C15H25ClN2. The highest BCUT2D eigenvalue weighted by Crippen LogP contribution is 2.11. The summed E-state index contributed by atoms with van der Waals surface area (Å²) < 4.78 is 0. The number of hydrogen-bond acceptors (Lipinski definition) is 2. The number of nitrogens with zero attached hydrogens (tertiary/aromatic N) is 1. The molecule has 0 amide bonds. The molecule has 0 aromatic heterocycles. The molecule has 18 heavy (non-hydrogen) atoms. The highest BCUT2D eigenvalue weighted by molar-refractivity contribution is 6.30. The second-order valence-corrected chi connectivity index (χ2v) is 5.62. The predicted molar refractivity (Wildman–Crippen MR) is 80.2 cm³/mol. The second-order valence-electron chi connectivity index (χ2n) is 5.18. The molecule has 0 saturated heterocycles. The van der Waals surface area contributed by atoms with E-state index in [-0.39, 0.29) is 0 Å². The lowest BCUT2D eigenvalue weighted by atomic mass is 10.2. The zero-order chi connectivity index (χ0) is 13.4. The van der Waals surface area contributed by atoms with Gasteiger partial charge in [0.2, 0.25) is 0 Å². The van der Waals surface area contributed by atoms with Crippen LogP contribution in [0.3, 0.4) is 0 Å². The van der Waals surface area contributed by atoms with E-state index in [1.165, 1.54) is 18.4 Å². The van der Waals surface area contributed by atoms with Crippen LogP contribution in [-0.4, -0.2) is 31.1 Å². The third-order valence-electron chi connectivity index (χ3n) is 2.88. The largest absolute Gasteiger partial charge is 0.315 e. The minimum atomic E-state index is 0.594. The van der Waals surface area contributed by atoms with Gasteiger partial charge in [0, 0.05) is 17.6 Å². The van der Waals surface area contributed by atoms with Crippen molar-refractivity contribution >= 4 is 11.6 Å². The molecular weight excluding hydrogens is 244 g/mol. The Labute approximate surface area is 116 Å². The van der Waals surface area contributed by atoms with Crippen molar-refractivity contribution in [2.24, 2.45) is 0 Å². The van der Waals surface area contributed by atoms with Gasteiger partial charge in [-0.1, -0.05) is 37.6 Å². The quantitative estimate of drug-likeness (QED) is 0.726. The van der Waals surface area contributed by atoms with Gasteiger partial charge in [0.25, 0.3) is 0 Å². The Morgan fingerprint density at radius 2 is 1.83 bits per heavy atom. The molecule has 1 rings (SSSR count). The zero-order valence-corrected chi connectivity index (χ0v) is 12.5. The Balaban J connectivity index is 2.13. The van der Waals surface area contributed by atoms with Crippen molar-refractivity contribution in [3.05, 3.63) is 34.9 Å². The monoisotopic (exact) mass is 268 g/mol. The molecule has 0 bridgehead atoms. The first kappa shape index (κ1) is 15.5. The van der Waals surface area contributed by atoms with Crippen LogP contribution in [0, 0.1) is 0 Å². The first-order valence-corrected chi connectivity index (χ1v) is 7.12. The molecule has 0 aliphatic rings. The van der Waals surface area contributed by atoms with Gasteiger partial charge in [-0.05, 0) is 50.7 Å². The van der Waals surface area contributed by atoms with Crippen LogP contribution in [0.15, 0.2) is 24.3 Å². The van der Waals surface area contributed by atoms with Crippen LogP contribution >= 0.6 is 11.6 Å². The van der Waals surface area contributed by atoms with Gasteiger partial charge in [-0.25, -0.2) is 0 Å². The lowest BCUT2D eigenvalue weighted by Gasteiger charge is -2.17. The van der Waals surface area contributed by atoms with Crippen LogP contribution in [0.2, 0.25) is 5.02 Å². The molecule has 0 saturated carbocycles. The first-order chi connectivity index (χ1) is 8.58. The number of benzene rings is 1. The van der Waals surface area contributed by atoms with Gasteiger partial charge in [-0.15, -0.1) is 0 Å². The number of hydrogen-bond donors (Lipinski definition) is 1. The molecule has 2 nitrogen and oxygen atoms in total. The van der Waals surface area contributed by atoms with E-state index in [2.05, 4.69) is 43.2 Å². The lowest BCUT2D eigenvalue weighted by Crippen LogP contribution is -2.25. The summed E-state index contributed by atoms with van der Waals surface area (Å²) in [4.78, 5) is 2.36. The Kier molecular flexibility index (Phi) is 7.33. The van der Waals surface area contributed by atoms with Crippen molar-refractivity contribution in [3.63, 3.8) is 0 Å². The smallest absolute Gasteiger partial charge is 0.0406 e. The molecule has 102 valence electrons. The maximum absolute atomic E-state index is 5.87. The molecule has 0 aliphatic carbocycles. The fourth-order valence-corrected chi connectivity index (χ4v) is 2.00. The number of rotatable bonds is 8. The fourth-order valence-electron chi connectivity index (χ4n) is 1.88. The highest BCUT2D eigenvalue weighted by Gasteiger charge is 2.00. The predicted octanol–water partition coefficient (Wildman–Crippen LogP) is 3.55. The number of nitrogens with one attached hydrogen (secondary N) is 1. The summed E-state index contributed by atoms with van der Waals surface area (Å²) in [6.07, 6.45) is 2.48.